The molecule has 5 heteroatoms. The molecule has 1 heterocycles. The number of amides is 1. The van der Waals surface area contributed by atoms with Crippen LogP contribution in [0.2, 0.25) is 0 Å². The number of thioether (sulfide) groups is 1. The average molecular weight is 383 g/mol. The normalized spacial score (nSPS) is 22.5. The number of benzene rings is 2. The van der Waals surface area contributed by atoms with Gasteiger partial charge >= 0.3 is 6.09 Å². The third-order valence-electron chi connectivity index (χ3n) is 4.57. The number of hydrogen-bond donors (Lipinski definition) is 0. The Balaban J connectivity index is 2.14. The maximum Gasteiger partial charge on any atom is 0.417 e. The fourth-order valence-corrected chi connectivity index (χ4v) is 4.08. The van der Waals surface area contributed by atoms with Crippen molar-refractivity contribution >= 4 is 23.0 Å². The molecule has 0 spiro atoms. The number of amidine groups is 1. The Bertz CT molecular complexity index is 830. The van der Waals surface area contributed by atoms with Gasteiger partial charge in [0.15, 0.2) is 5.17 Å². The van der Waals surface area contributed by atoms with Crippen molar-refractivity contribution in [3.05, 3.63) is 71.8 Å². The number of ether oxygens (including phenoxy) is 1. The first-order valence-electron chi connectivity index (χ1n) is 9.03. The summed E-state index contributed by atoms with van der Waals surface area (Å²) in [6.45, 7) is 7.72. The molecule has 0 saturated carbocycles. The topological polar surface area (TPSA) is 41.9 Å². The summed E-state index contributed by atoms with van der Waals surface area (Å²) in [5.41, 5.74) is 0.921. The van der Waals surface area contributed by atoms with Gasteiger partial charge in [0.05, 0.1) is 6.04 Å². The lowest BCUT2D eigenvalue weighted by Crippen LogP contribution is -2.43. The molecule has 0 fully saturated rings. The van der Waals surface area contributed by atoms with Gasteiger partial charge in [-0.25, -0.2) is 14.7 Å². The van der Waals surface area contributed by atoms with Crippen LogP contribution in [0.15, 0.2) is 65.7 Å². The smallest absolute Gasteiger partial charge is 0.417 e. The highest BCUT2D eigenvalue weighted by Gasteiger charge is 2.50. The van der Waals surface area contributed by atoms with Crippen molar-refractivity contribution in [1.82, 2.24) is 4.90 Å². The predicted octanol–water partition coefficient (Wildman–Crippen LogP) is 5.61. The van der Waals surface area contributed by atoms with E-state index in [9.17, 15) is 4.79 Å². The van der Waals surface area contributed by atoms with E-state index in [4.69, 9.17) is 9.73 Å². The van der Waals surface area contributed by atoms with Crippen LogP contribution in [-0.4, -0.2) is 28.0 Å². The largest absolute Gasteiger partial charge is 0.443 e. The van der Waals surface area contributed by atoms with Crippen molar-refractivity contribution in [3.63, 3.8) is 0 Å². The highest BCUT2D eigenvalue weighted by atomic mass is 32.2. The fourth-order valence-electron chi connectivity index (χ4n) is 3.42. The first kappa shape index (κ1) is 19.5. The van der Waals surface area contributed by atoms with Crippen LogP contribution in [0.3, 0.4) is 0 Å². The van der Waals surface area contributed by atoms with Gasteiger partial charge in [-0.3, -0.25) is 0 Å². The Morgan fingerprint density at radius 1 is 1.07 bits per heavy atom. The minimum atomic E-state index is -0.599. The van der Waals surface area contributed by atoms with Crippen molar-refractivity contribution in [2.45, 2.75) is 44.9 Å². The Kier molecular flexibility index (Phi) is 5.33. The molecule has 1 aliphatic rings. The van der Waals surface area contributed by atoms with Crippen molar-refractivity contribution in [2.24, 2.45) is 4.99 Å². The summed E-state index contributed by atoms with van der Waals surface area (Å²) < 4.78 is 5.73. The summed E-state index contributed by atoms with van der Waals surface area (Å²) in [5, 5.41) is 0.671. The molecule has 2 aromatic rings. The van der Waals surface area contributed by atoms with Gasteiger partial charge in [0, 0.05) is 0 Å². The highest BCUT2D eigenvalue weighted by molar-refractivity contribution is 8.13. The van der Waals surface area contributed by atoms with Crippen molar-refractivity contribution < 1.29 is 9.53 Å². The minimum Gasteiger partial charge on any atom is -0.443 e. The molecule has 3 rings (SSSR count). The van der Waals surface area contributed by atoms with Crippen LogP contribution >= 0.6 is 11.8 Å². The second kappa shape index (κ2) is 7.39. The molecule has 1 amide bonds. The summed E-state index contributed by atoms with van der Waals surface area (Å²) >= 11 is 1.47. The number of rotatable bonds is 2. The van der Waals surface area contributed by atoms with Crippen molar-refractivity contribution in [1.29, 1.82) is 0 Å². The van der Waals surface area contributed by atoms with E-state index in [-0.39, 0.29) is 12.1 Å². The van der Waals surface area contributed by atoms with Gasteiger partial charge in [-0.1, -0.05) is 72.4 Å². The van der Waals surface area contributed by atoms with Crippen molar-refractivity contribution in [3.8, 4) is 0 Å². The number of carbonyl (C=O) groups is 1. The summed E-state index contributed by atoms with van der Waals surface area (Å²) in [4.78, 5) is 19.9. The second-order valence-corrected chi connectivity index (χ2v) is 8.55. The van der Waals surface area contributed by atoms with E-state index in [0.717, 1.165) is 11.1 Å². The first-order valence-corrected chi connectivity index (χ1v) is 10.3. The minimum absolute atomic E-state index is 0.279. The molecule has 0 bridgehead atoms. The maximum atomic E-state index is 13.1. The Hall–Kier alpha value is -2.27. The monoisotopic (exact) mass is 382 g/mol. The zero-order chi connectivity index (χ0) is 19.7. The summed E-state index contributed by atoms with van der Waals surface area (Å²) in [6, 6.07) is 19.9. The van der Waals surface area contributed by atoms with Crippen molar-refractivity contribution in [2.75, 3.05) is 6.26 Å². The van der Waals surface area contributed by atoms with E-state index in [1.54, 1.807) is 4.90 Å². The molecular weight excluding hydrogens is 356 g/mol. The van der Waals surface area contributed by atoms with Gasteiger partial charge < -0.3 is 4.74 Å². The van der Waals surface area contributed by atoms with Gasteiger partial charge in [0.1, 0.15) is 11.1 Å². The quantitative estimate of drug-likeness (QED) is 0.678. The van der Waals surface area contributed by atoms with Crippen LogP contribution in [-0.2, 0) is 10.3 Å². The Morgan fingerprint density at radius 2 is 1.63 bits per heavy atom. The summed E-state index contributed by atoms with van der Waals surface area (Å²) in [7, 11) is 0. The van der Waals surface area contributed by atoms with E-state index in [1.165, 1.54) is 11.8 Å². The third-order valence-corrected chi connectivity index (χ3v) is 5.22. The molecule has 142 valence electrons. The number of carbonyl (C=O) groups excluding carboxylic acids is 1. The van der Waals surface area contributed by atoms with Gasteiger partial charge in [-0.2, -0.15) is 0 Å². The lowest BCUT2D eigenvalue weighted by Gasteiger charge is -2.35. The first-order chi connectivity index (χ1) is 12.8. The summed E-state index contributed by atoms with van der Waals surface area (Å²) in [5.74, 6) is 0. The zero-order valence-electron chi connectivity index (χ0n) is 16.5. The lowest BCUT2D eigenvalue weighted by molar-refractivity contribution is 0.0292. The molecule has 0 saturated heterocycles. The molecule has 2 aromatic carbocycles. The lowest BCUT2D eigenvalue weighted by atomic mass is 9.82. The summed E-state index contributed by atoms with van der Waals surface area (Å²) in [6.07, 6.45) is 1.57. The van der Waals surface area contributed by atoms with Crippen LogP contribution in [0.1, 0.15) is 44.9 Å². The maximum absolute atomic E-state index is 13.1. The molecule has 0 N–H and O–H groups in total. The van der Waals surface area contributed by atoms with Crippen LogP contribution in [0.25, 0.3) is 0 Å². The molecule has 27 heavy (non-hydrogen) atoms. The Labute approximate surface area is 165 Å². The zero-order valence-corrected chi connectivity index (χ0v) is 17.3. The molecule has 1 aliphatic heterocycles. The number of nitrogens with zero attached hydrogens (tertiary/aromatic N) is 2. The average Bonchev–Trinajstić information content (AvgIpc) is 2.96. The van der Waals surface area contributed by atoms with Crippen LogP contribution < -0.4 is 0 Å². The SMILES string of the molecule is CSC1=NC(C)(c2ccccc2)C(c2ccccc2)N1C(=O)OC(C)(C)C. The molecule has 0 radical (unpaired) electrons. The van der Waals surface area contributed by atoms with Crippen LogP contribution in [0.5, 0.6) is 0 Å². The molecule has 0 aliphatic carbocycles. The number of hydrogen-bond acceptors (Lipinski definition) is 4. The van der Waals surface area contributed by atoms with E-state index in [0.29, 0.717) is 5.17 Å². The van der Waals surface area contributed by atoms with E-state index in [2.05, 4.69) is 19.1 Å². The van der Waals surface area contributed by atoms with Crippen LogP contribution in [0.4, 0.5) is 4.79 Å². The molecule has 2 unspecified atom stereocenters. The molecular formula is C22H26N2O2S. The predicted molar refractivity (Wildman–Crippen MR) is 112 cm³/mol. The van der Waals surface area contributed by atoms with E-state index in [1.807, 2.05) is 75.6 Å². The fraction of sp³-hybridized carbons (Fsp3) is 0.364. The van der Waals surface area contributed by atoms with Gasteiger partial charge in [-0.15, -0.1) is 0 Å². The third kappa shape index (κ3) is 3.88. The Morgan fingerprint density at radius 3 is 2.15 bits per heavy atom. The van der Waals surface area contributed by atoms with Gasteiger partial charge in [0.2, 0.25) is 0 Å². The van der Waals surface area contributed by atoms with Gasteiger partial charge in [0.25, 0.3) is 0 Å². The molecule has 0 aromatic heterocycles. The highest BCUT2D eigenvalue weighted by Crippen LogP contribution is 2.49. The second-order valence-electron chi connectivity index (χ2n) is 7.78. The van der Waals surface area contributed by atoms with E-state index < -0.39 is 11.1 Å². The molecule has 4 nitrogen and oxygen atoms in total. The van der Waals surface area contributed by atoms with Gasteiger partial charge in [-0.05, 0) is 45.1 Å². The molecule has 2 atom stereocenters. The van der Waals surface area contributed by atoms with Crippen LogP contribution in [0, 0.1) is 0 Å². The van der Waals surface area contributed by atoms with E-state index >= 15 is 0 Å². The number of aliphatic imine (C=N–C) groups is 1. The standard InChI is InChI=1S/C22H26N2O2S/c1-21(2,3)26-20(25)24-18(16-12-8-6-9-13-16)22(4,23-19(24)27-5)17-14-10-7-11-15-17/h6-15,18H,1-5H3.